The number of phenolic OH excluding ortho intramolecular Hbond substituents is 2. The second kappa shape index (κ2) is 11.8. The third-order valence-electron chi connectivity index (χ3n) is 3.82. The van der Waals surface area contributed by atoms with Crippen molar-refractivity contribution in [2.24, 2.45) is 10.2 Å². The Hall–Kier alpha value is -3.10. The number of amides is 2. The molecule has 0 fully saturated rings. The molecule has 0 spiro atoms. The first-order chi connectivity index (χ1) is 14.3. The predicted octanol–water partition coefficient (Wildman–Crippen LogP) is 3.57. The number of hydrogen-bond donors (Lipinski definition) is 4. The maximum atomic E-state index is 11.7. The van der Waals surface area contributed by atoms with Gasteiger partial charge in [0.2, 0.25) is 11.8 Å². The molecule has 0 unspecified atom stereocenters. The van der Waals surface area contributed by atoms with Gasteiger partial charge in [0.1, 0.15) is 11.5 Å². The van der Waals surface area contributed by atoms with Crippen molar-refractivity contribution in [1.29, 1.82) is 0 Å². The van der Waals surface area contributed by atoms with Crippen molar-refractivity contribution in [3.05, 3.63) is 57.6 Å². The van der Waals surface area contributed by atoms with E-state index in [0.717, 1.165) is 0 Å². The second-order valence-corrected chi connectivity index (χ2v) is 7.07. The van der Waals surface area contributed by atoms with E-state index in [9.17, 15) is 19.8 Å². The van der Waals surface area contributed by atoms with Gasteiger partial charge in [-0.3, -0.25) is 9.59 Å². The quantitative estimate of drug-likeness (QED) is 0.264. The highest BCUT2D eigenvalue weighted by Crippen LogP contribution is 2.20. The van der Waals surface area contributed by atoms with Crippen LogP contribution >= 0.6 is 23.2 Å². The molecule has 2 aromatic rings. The van der Waals surface area contributed by atoms with Gasteiger partial charge in [-0.2, -0.15) is 10.2 Å². The molecule has 10 heteroatoms. The zero-order valence-electron chi connectivity index (χ0n) is 15.8. The van der Waals surface area contributed by atoms with Crippen LogP contribution in [0, 0.1) is 0 Å². The van der Waals surface area contributed by atoms with Crippen LogP contribution in [0.15, 0.2) is 46.6 Å². The smallest absolute Gasteiger partial charge is 0.240 e. The number of rotatable bonds is 9. The summed E-state index contributed by atoms with van der Waals surface area (Å²) >= 11 is 11.7. The maximum absolute atomic E-state index is 11.7. The van der Waals surface area contributed by atoms with E-state index in [1.165, 1.54) is 48.8 Å². The van der Waals surface area contributed by atoms with Gasteiger partial charge < -0.3 is 10.2 Å². The SMILES string of the molecule is O=C(CCCCC(=O)N/N=C/c1cc(Cl)ccc1O)N/N=C\c1cc(Cl)ccc1O. The van der Waals surface area contributed by atoms with Crippen LogP contribution in [0.2, 0.25) is 10.0 Å². The molecule has 2 rings (SSSR count). The molecule has 0 aromatic heterocycles. The van der Waals surface area contributed by atoms with Gasteiger partial charge in [0.25, 0.3) is 0 Å². The van der Waals surface area contributed by atoms with Crippen molar-refractivity contribution in [2.75, 3.05) is 0 Å². The number of nitrogens with one attached hydrogen (secondary N) is 2. The van der Waals surface area contributed by atoms with Crippen LogP contribution in [0.1, 0.15) is 36.8 Å². The van der Waals surface area contributed by atoms with Crippen LogP contribution in [-0.2, 0) is 9.59 Å². The Morgan fingerprint density at radius 2 is 1.20 bits per heavy atom. The van der Waals surface area contributed by atoms with Gasteiger partial charge in [0.05, 0.1) is 12.4 Å². The van der Waals surface area contributed by atoms with Crippen molar-refractivity contribution in [1.82, 2.24) is 10.9 Å². The minimum atomic E-state index is -0.317. The molecule has 0 saturated heterocycles. The Morgan fingerprint density at radius 1 is 0.800 bits per heavy atom. The van der Waals surface area contributed by atoms with Gasteiger partial charge in [0, 0.05) is 34.0 Å². The van der Waals surface area contributed by atoms with Crippen molar-refractivity contribution in [3.8, 4) is 11.5 Å². The number of hydrazone groups is 2. The van der Waals surface area contributed by atoms with Gasteiger partial charge in [-0.15, -0.1) is 0 Å². The number of unbranched alkanes of at least 4 members (excludes halogenated alkanes) is 1. The van der Waals surface area contributed by atoms with Crippen molar-refractivity contribution < 1.29 is 19.8 Å². The highest BCUT2D eigenvalue weighted by Gasteiger charge is 2.04. The van der Waals surface area contributed by atoms with E-state index in [0.29, 0.717) is 34.0 Å². The summed E-state index contributed by atoms with van der Waals surface area (Å²) in [6, 6.07) is 8.96. The molecular weight excluding hydrogens is 431 g/mol. The number of halogens is 2. The molecule has 2 aromatic carbocycles. The van der Waals surface area contributed by atoms with Crippen molar-refractivity contribution in [2.45, 2.75) is 25.7 Å². The van der Waals surface area contributed by atoms with E-state index in [1.807, 2.05) is 0 Å². The van der Waals surface area contributed by atoms with E-state index < -0.39 is 0 Å². The molecule has 30 heavy (non-hydrogen) atoms. The molecule has 0 aliphatic carbocycles. The predicted molar refractivity (Wildman–Crippen MR) is 116 cm³/mol. The van der Waals surface area contributed by atoms with Crippen LogP contribution in [0.5, 0.6) is 11.5 Å². The Kier molecular flexibility index (Phi) is 9.11. The summed E-state index contributed by atoms with van der Waals surface area (Å²) in [5.41, 5.74) is 5.45. The minimum absolute atomic E-state index is 0.00311. The first kappa shape index (κ1) is 23.2. The maximum Gasteiger partial charge on any atom is 0.240 e. The summed E-state index contributed by atoms with van der Waals surface area (Å²) in [5, 5.41) is 27.7. The van der Waals surface area contributed by atoms with Crippen LogP contribution in [0.25, 0.3) is 0 Å². The third-order valence-corrected chi connectivity index (χ3v) is 4.29. The van der Waals surface area contributed by atoms with Crippen LogP contribution in [0.4, 0.5) is 0 Å². The van der Waals surface area contributed by atoms with Gasteiger partial charge in [0.15, 0.2) is 0 Å². The van der Waals surface area contributed by atoms with Gasteiger partial charge >= 0.3 is 0 Å². The number of nitrogens with zero attached hydrogens (tertiary/aromatic N) is 2. The van der Waals surface area contributed by atoms with E-state index in [-0.39, 0.29) is 36.2 Å². The lowest BCUT2D eigenvalue weighted by atomic mass is 10.2. The molecular formula is C20H20Cl2N4O4. The Morgan fingerprint density at radius 3 is 1.60 bits per heavy atom. The highest BCUT2D eigenvalue weighted by atomic mass is 35.5. The molecule has 0 aliphatic rings. The average Bonchev–Trinajstić information content (AvgIpc) is 2.70. The van der Waals surface area contributed by atoms with Gasteiger partial charge in [-0.25, -0.2) is 10.9 Å². The zero-order chi connectivity index (χ0) is 21.9. The summed E-state index contributed by atoms with van der Waals surface area (Å²) in [6.07, 6.45) is 3.92. The van der Waals surface area contributed by atoms with Crippen LogP contribution in [0.3, 0.4) is 0 Å². The molecule has 0 saturated carbocycles. The van der Waals surface area contributed by atoms with Gasteiger partial charge in [-0.1, -0.05) is 23.2 Å². The van der Waals surface area contributed by atoms with Crippen molar-refractivity contribution in [3.63, 3.8) is 0 Å². The minimum Gasteiger partial charge on any atom is -0.507 e. The van der Waals surface area contributed by atoms with E-state index in [4.69, 9.17) is 23.2 Å². The number of aromatic hydroxyl groups is 2. The Bertz CT molecular complexity index is 886. The van der Waals surface area contributed by atoms with E-state index in [2.05, 4.69) is 21.1 Å². The molecule has 0 bridgehead atoms. The number of benzene rings is 2. The van der Waals surface area contributed by atoms with E-state index >= 15 is 0 Å². The zero-order valence-corrected chi connectivity index (χ0v) is 17.3. The molecule has 158 valence electrons. The Balaban J connectivity index is 1.64. The molecule has 0 radical (unpaired) electrons. The fourth-order valence-electron chi connectivity index (χ4n) is 2.29. The fourth-order valence-corrected chi connectivity index (χ4v) is 2.65. The fraction of sp³-hybridized carbons (Fsp3) is 0.200. The molecule has 2 amide bonds. The van der Waals surface area contributed by atoms with Crippen LogP contribution in [-0.4, -0.2) is 34.5 Å². The molecule has 0 heterocycles. The summed E-state index contributed by atoms with van der Waals surface area (Å²) in [4.78, 5) is 23.5. The highest BCUT2D eigenvalue weighted by molar-refractivity contribution is 6.31. The molecule has 4 N–H and O–H groups in total. The first-order valence-electron chi connectivity index (χ1n) is 8.96. The largest absolute Gasteiger partial charge is 0.507 e. The summed E-state index contributed by atoms with van der Waals surface area (Å²) < 4.78 is 0. The lowest BCUT2D eigenvalue weighted by Crippen LogP contribution is -2.19. The normalized spacial score (nSPS) is 11.1. The summed E-state index contributed by atoms with van der Waals surface area (Å²) in [7, 11) is 0. The standard InChI is InChI=1S/C20H20Cl2N4O4/c21-15-5-7-17(27)13(9-15)11-23-25-19(29)3-1-2-4-20(30)26-24-12-14-10-16(22)6-8-18(14)28/h5-12,27-28H,1-4H2,(H,25,29)(H,26,30)/b23-11-,24-12+. The average molecular weight is 451 g/mol. The second-order valence-electron chi connectivity index (χ2n) is 6.20. The first-order valence-corrected chi connectivity index (χ1v) is 9.71. The van der Waals surface area contributed by atoms with Crippen LogP contribution < -0.4 is 10.9 Å². The Labute approximate surface area is 183 Å². The molecule has 0 atom stereocenters. The number of carbonyl (C=O) groups excluding carboxylic acids is 2. The third kappa shape index (κ3) is 8.10. The van der Waals surface area contributed by atoms with Crippen molar-refractivity contribution >= 4 is 47.4 Å². The number of hydrogen-bond acceptors (Lipinski definition) is 6. The molecule has 8 nitrogen and oxygen atoms in total. The summed E-state index contributed by atoms with van der Waals surface area (Å²) in [6.45, 7) is 0. The number of phenols is 2. The summed E-state index contributed by atoms with van der Waals surface area (Å²) in [5.74, 6) is -0.640. The number of carbonyl (C=O) groups is 2. The topological polar surface area (TPSA) is 123 Å². The van der Waals surface area contributed by atoms with Gasteiger partial charge in [-0.05, 0) is 49.2 Å². The van der Waals surface area contributed by atoms with E-state index in [1.54, 1.807) is 0 Å². The lowest BCUT2D eigenvalue weighted by molar-refractivity contribution is -0.123. The monoisotopic (exact) mass is 450 g/mol. The lowest BCUT2D eigenvalue weighted by Gasteiger charge is -2.02. The molecule has 0 aliphatic heterocycles.